The van der Waals surface area contributed by atoms with Crippen LogP contribution in [0.3, 0.4) is 0 Å². The van der Waals surface area contributed by atoms with Crippen LogP contribution in [-0.2, 0) is 19.5 Å². The number of nitrogens with zero attached hydrogens (tertiary/aromatic N) is 1. The number of carbonyl (C=O) groups excluding carboxylic acids is 1. The maximum absolute atomic E-state index is 12.3. The van der Waals surface area contributed by atoms with Crippen LogP contribution in [0.15, 0.2) is 60.7 Å². The van der Waals surface area contributed by atoms with E-state index in [9.17, 15) is 10.1 Å². The Bertz CT molecular complexity index is 1100. The minimum atomic E-state index is -0.272. The SMILES string of the molecule is N#Cc1c(NC(=S)NC(=O)c2ccccc2)sc2c1CC[NH+](Cc1ccccc1)C2. The van der Waals surface area contributed by atoms with Gasteiger partial charge in [-0.05, 0) is 29.9 Å². The Kier molecular flexibility index (Phi) is 6.19. The first-order chi connectivity index (χ1) is 14.6. The molecule has 0 bridgehead atoms. The van der Waals surface area contributed by atoms with Gasteiger partial charge < -0.3 is 10.2 Å². The number of amides is 1. The molecule has 0 saturated carbocycles. The Balaban J connectivity index is 1.45. The number of rotatable bonds is 4. The largest absolute Gasteiger partial charge is 0.326 e. The summed E-state index contributed by atoms with van der Waals surface area (Å²) in [5.74, 6) is -0.272. The summed E-state index contributed by atoms with van der Waals surface area (Å²) >= 11 is 6.88. The number of hydrogen-bond acceptors (Lipinski definition) is 4. The van der Waals surface area contributed by atoms with Crippen LogP contribution in [0.25, 0.3) is 0 Å². The predicted molar refractivity (Wildman–Crippen MR) is 123 cm³/mol. The van der Waals surface area contributed by atoms with Crippen molar-refractivity contribution >= 4 is 39.6 Å². The van der Waals surface area contributed by atoms with Crippen LogP contribution in [0.5, 0.6) is 0 Å². The van der Waals surface area contributed by atoms with E-state index in [0.717, 1.165) is 31.6 Å². The lowest BCUT2D eigenvalue weighted by Crippen LogP contribution is -3.10. The highest BCUT2D eigenvalue weighted by atomic mass is 32.1. The summed E-state index contributed by atoms with van der Waals surface area (Å²) in [6.07, 6.45) is 0.863. The fraction of sp³-hybridized carbons (Fsp3) is 0.174. The molecule has 3 N–H and O–H groups in total. The topological polar surface area (TPSA) is 69.4 Å². The van der Waals surface area contributed by atoms with Gasteiger partial charge in [0.2, 0.25) is 0 Å². The molecule has 2 aromatic carbocycles. The van der Waals surface area contributed by atoms with E-state index in [1.807, 2.05) is 12.1 Å². The molecule has 1 aromatic heterocycles. The number of fused-ring (bicyclic) bond motifs is 1. The molecule has 4 rings (SSSR count). The van der Waals surface area contributed by atoms with Crippen LogP contribution < -0.4 is 15.5 Å². The van der Waals surface area contributed by atoms with E-state index in [1.165, 1.54) is 15.3 Å². The Labute approximate surface area is 185 Å². The molecular weight excluding hydrogens is 412 g/mol. The molecule has 1 atom stereocenters. The Morgan fingerprint density at radius 1 is 1.13 bits per heavy atom. The molecule has 1 aliphatic heterocycles. The summed E-state index contributed by atoms with van der Waals surface area (Å²) in [6, 6.07) is 21.7. The predicted octanol–water partition coefficient (Wildman–Crippen LogP) is 2.89. The molecular formula is C23H21N4OS2+. The second kappa shape index (κ2) is 9.18. The van der Waals surface area contributed by atoms with Crippen LogP contribution in [0.4, 0.5) is 5.00 Å². The summed E-state index contributed by atoms with van der Waals surface area (Å²) < 4.78 is 0. The highest BCUT2D eigenvalue weighted by Gasteiger charge is 2.27. The number of thiocarbonyl (C=S) groups is 1. The summed E-state index contributed by atoms with van der Waals surface area (Å²) in [4.78, 5) is 15.0. The van der Waals surface area contributed by atoms with Crippen molar-refractivity contribution in [3.8, 4) is 6.07 Å². The lowest BCUT2D eigenvalue weighted by Gasteiger charge is -2.23. The van der Waals surface area contributed by atoms with Crippen molar-refractivity contribution in [1.29, 1.82) is 5.26 Å². The second-order valence-corrected chi connectivity index (χ2v) is 8.70. The molecule has 30 heavy (non-hydrogen) atoms. The average Bonchev–Trinajstić information content (AvgIpc) is 3.10. The van der Waals surface area contributed by atoms with Gasteiger partial charge in [0.25, 0.3) is 5.91 Å². The van der Waals surface area contributed by atoms with E-state index in [0.29, 0.717) is 16.1 Å². The Hall–Kier alpha value is -3.05. The number of benzene rings is 2. The smallest absolute Gasteiger partial charge is 0.257 e. The zero-order chi connectivity index (χ0) is 20.9. The van der Waals surface area contributed by atoms with Gasteiger partial charge in [-0.3, -0.25) is 10.1 Å². The van der Waals surface area contributed by atoms with Crippen LogP contribution in [0.2, 0.25) is 0 Å². The number of nitriles is 1. The molecule has 1 amide bonds. The zero-order valence-corrected chi connectivity index (χ0v) is 17.9. The molecule has 3 aromatic rings. The molecule has 7 heteroatoms. The number of anilines is 1. The number of thiophene rings is 1. The third kappa shape index (κ3) is 4.57. The van der Waals surface area contributed by atoms with E-state index in [2.05, 4.69) is 41.0 Å². The maximum atomic E-state index is 12.3. The first kappa shape index (κ1) is 20.2. The van der Waals surface area contributed by atoms with Crippen molar-refractivity contribution in [3.05, 3.63) is 87.8 Å². The zero-order valence-electron chi connectivity index (χ0n) is 16.3. The lowest BCUT2D eigenvalue weighted by molar-refractivity contribution is -0.929. The van der Waals surface area contributed by atoms with E-state index >= 15 is 0 Å². The van der Waals surface area contributed by atoms with Crippen molar-refractivity contribution in [2.75, 3.05) is 11.9 Å². The number of carbonyl (C=O) groups is 1. The molecule has 0 spiro atoms. The number of hydrogen-bond donors (Lipinski definition) is 3. The van der Waals surface area contributed by atoms with Gasteiger partial charge in [0, 0.05) is 17.5 Å². The van der Waals surface area contributed by atoms with Gasteiger partial charge >= 0.3 is 0 Å². The van der Waals surface area contributed by atoms with Crippen molar-refractivity contribution in [2.45, 2.75) is 19.5 Å². The van der Waals surface area contributed by atoms with Crippen molar-refractivity contribution in [2.24, 2.45) is 0 Å². The van der Waals surface area contributed by atoms with Crippen molar-refractivity contribution < 1.29 is 9.69 Å². The summed E-state index contributed by atoms with van der Waals surface area (Å²) in [6.45, 7) is 2.84. The third-order valence-electron chi connectivity index (χ3n) is 5.13. The third-order valence-corrected chi connectivity index (χ3v) is 6.48. The second-order valence-electron chi connectivity index (χ2n) is 7.18. The molecule has 0 aliphatic carbocycles. The van der Waals surface area contributed by atoms with Crippen LogP contribution in [0.1, 0.15) is 31.9 Å². The quantitative estimate of drug-likeness (QED) is 0.554. The van der Waals surface area contributed by atoms with E-state index < -0.39 is 0 Å². The van der Waals surface area contributed by atoms with Crippen LogP contribution in [0, 0.1) is 11.3 Å². The number of nitrogens with one attached hydrogen (secondary N) is 3. The highest BCUT2D eigenvalue weighted by Crippen LogP contribution is 2.34. The van der Waals surface area contributed by atoms with Gasteiger partial charge in [-0.2, -0.15) is 5.26 Å². The van der Waals surface area contributed by atoms with Crippen LogP contribution in [-0.4, -0.2) is 17.6 Å². The molecule has 0 saturated heterocycles. The summed E-state index contributed by atoms with van der Waals surface area (Å²) in [5, 5.41) is 16.4. The number of quaternary nitrogens is 1. The van der Waals surface area contributed by atoms with Gasteiger partial charge in [0.05, 0.1) is 17.0 Å². The normalized spacial score (nSPS) is 15.0. The molecule has 0 radical (unpaired) electrons. The fourth-order valence-corrected chi connectivity index (χ4v) is 5.21. The standard InChI is InChI=1S/C23H20N4OS2/c24-13-19-18-11-12-27(14-16-7-3-1-4-8-16)15-20(18)30-22(19)26-23(29)25-21(28)17-9-5-2-6-10-17/h1-10H,11-12,14-15H2,(H2,25,26,28,29)/p+1. The molecule has 150 valence electrons. The lowest BCUT2D eigenvalue weighted by atomic mass is 10.0. The maximum Gasteiger partial charge on any atom is 0.257 e. The minimum Gasteiger partial charge on any atom is -0.326 e. The monoisotopic (exact) mass is 433 g/mol. The van der Waals surface area contributed by atoms with Gasteiger partial charge in [-0.15, -0.1) is 11.3 Å². The fourth-order valence-electron chi connectivity index (χ4n) is 3.68. The minimum absolute atomic E-state index is 0.201. The highest BCUT2D eigenvalue weighted by molar-refractivity contribution is 7.80. The van der Waals surface area contributed by atoms with Crippen molar-refractivity contribution in [3.63, 3.8) is 0 Å². The van der Waals surface area contributed by atoms with E-state index in [-0.39, 0.29) is 11.0 Å². The van der Waals surface area contributed by atoms with Gasteiger partial charge in [-0.1, -0.05) is 48.5 Å². The Morgan fingerprint density at radius 3 is 2.53 bits per heavy atom. The molecule has 2 heterocycles. The van der Waals surface area contributed by atoms with Crippen molar-refractivity contribution in [1.82, 2.24) is 5.32 Å². The Morgan fingerprint density at radius 2 is 1.83 bits per heavy atom. The van der Waals surface area contributed by atoms with E-state index in [4.69, 9.17) is 12.2 Å². The first-order valence-corrected chi connectivity index (χ1v) is 11.0. The molecule has 1 aliphatic rings. The van der Waals surface area contributed by atoms with Crippen LogP contribution >= 0.6 is 23.6 Å². The van der Waals surface area contributed by atoms with Gasteiger partial charge in [0.1, 0.15) is 24.2 Å². The molecule has 5 nitrogen and oxygen atoms in total. The van der Waals surface area contributed by atoms with Gasteiger partial charge in [0.15, 0.2) is 5.11 Å². The molecule has 1 unspecified atom stereocenters. The summed E-state index contributed by atoms with van der Waals surface area (Å²) in [5.41, 5.74) is 3.60. The summed E-state index contributed by atoms with van der Waals surface area (Å²) in [7, 11) is 0. The van der Waals surface area contributed by atoms with E-state index in [1.54, 1.807) is 35.6 Å². The average molecular weight is 434 g/mol. The van der Waals surface area contributed by atoms with Gasteiger partial charge in [-0.25, -0.2) is 0 Å². The molecule has 0 fully saturated rings. The first-order valence-electron chi connectivity index (χ1n) is 9.73.